The highest BCUT2D eigenvalue weighted by molar-refractivity contribution is 7.80. The Morgan fingerprint density at radius 3 is 2.33 bits per heavy atom. The first-order chi connectivity index (χ1) is 18.4. The lowest BCUT2D eigenvalue weighted by atomic mass is 10.0. The summed E-state index contributed by atoms with van der Waals surface area (Å²) in [6.07, 6.45) is 0.634. The lowest BCUT2D eigenvalue weighted by molar-refractivity contribution is -0.142. The maximum absolute atomic E-state index is 13.3. The van der Waals surface area contributed by atoms with Gasteiger partial charge in [0.25, 0.3) is 0 Å². The maximum Gasteiger partial charge on any atom is 0.326 e. The van der Waals surface area contributed by atoms with Gasteiger partial charge in [-0.25, -0.2) is 4.79 Å². The standard InChI is InChI=1S/C24H36N8O6S/c1-12(33)19(32-20(34)15(25)11-39)22(36)31-18(9-13-10-29-16-6-3-2-5-14(13)16)21(35)30-17(23(37)38)7-4-8-28-24(26)27/h2-3,5-6,10,12,15,17-19,29,33,39H,4,7-9,11,25H2,1H3,(H,30,35)(H,31,36)(H,32,34)(H,37,38)(H4,26,27,28). The van der Waals surface area contributed by atoms with E-state index in [9.17, 15) is 29.4 Å². The Hall–Kier alpha value is -3.82. The van der Waals surface area contributed by atoms with Gasteiger partial charge in [0, 0.05) is 35.8 Å². The fourth-order valence-corrected chi connectivity index (χ4v) is 3.94. The van der Waals surface area contributed by atoms with E-state index in [1.165, 1.54) is 6.92 Å². The average molecular weight is 565 g/mol. The van der Waals surface area contributed by atoms with Crippen molar-refractivity contribution in [3.8, 4) is 0 Å². The number of fused-ring (bicyclic) bond motifs is 1. The molecule has 0 spiro atoms. The first-order valence-electron chi connectivity index (χ1n) is 12.2. The minimum atomic E-state index is -1.43. The number of H-pyrrole nitrogens is 1. The molecule has 0 aliphatic heterocycles. The van der Waals surface area contributed by atoms with Crippen molar-refractivity contribution in [2.45, 2.75) is 56.5 Å². The molecule has 0 fully saturated rings. The number of carbonyl (C=O) groups is 4. The third kappa shape index (κ3) is 9.46. The Bertz CT molecular complexity index is 1180. The zero-order valence-corrected chi connectivity index (χ0v) is 22.4. The molecule has 5 unspecified atom stereocenters. The number of nitrogens with two attached hydrogens (primary N) is 3. The van der Waals surface area contributed by atoms with Crippen LogP contribution in [0.4, 0.5) is 0 Å². The van der Waals surface area contributed by atoms with E-state index in [1.807, 2.05) is 24.3 Å². The molecule has 1 aromatic carbocycles. The molecule has 3 amide bonds. The summed E-state index contributed by atoms with van der Waals surface area (Å²) in [5.74, 6) is -3.75. The summed E-state index contributed by atoms with van der Waals surface area (Å²) in [5, 5.41) is 28.0. The number of carboxylic acids is 1. The predicted molar refractivity (Wildman–Crippen MR) is 149 cm³/mol. The summed E-state index contributed by atoms with van der Waals surface area (Å²) >= 11 is 3.96. The third-order valence-corrected chi connectivity index (χ3v) is 6.28. The molecule has 39 heavy (non-hydrogen) atoms. The average Bonchev–Trinajstić information content (AvgIpc) is 3.29. The van der Waals surface area contributed by atoms with Gasteiger partial charge in [0.05, 0.1) is 12.1 Å². The molecule has 1 heterocycles. The fourth-order valence-electron chi connectivity index (χ4n) is 3.77. The van der Waals surface area contributed by atoms with E-state index in [2.05, 4.69) is 38.6 Å². The van der Waals surface area contributed by atoms with Gasteiger partial charge in [-0.3, -0.25) is 19.4 Å². The van der Waals surface area contributed by atoms with Crippen molar-refractivity contribution in [2.75, 3.05) is 12.3 Å². The minimum absolute atomic E-state index is 0.00530. The van der Waals surface area contributed by atoms with Crippen molar-refractivity contribution in [3.63, 3.8) is 0 Å². The van der Waals surface area contributed by atoms with Crippen LogP contribution >= 0.6 is 12.6 Å². The molecule has 14 nitrogen and oxygen atoms in total. The van der Waals surface area contributed by atoms with Crippen molar-refractivity contribution in [2.24, 2.45) is 22.2 Å². The molecule has 0 radical (unpaired) electrons. The fraction of sp³-hybridized carbons (Fsp3) is 0.458. The van der Waals surface area contributed by atoms with Crippen molar-refractivity contribution < 1.29 is 29.4 Å². The Balaban J connectivity index is 2.28. The monoisotopic (exact) mass is 564 g/mol. The lowest BCUT2D eigenvalue weighted by Gasteiger charge is -2.26. The number of carbonyl (C=O) groups excluding carboxylic acids is 3. The van der Waals surface area contributed by atoms with E-state index in [-0.39, 0.29) is 37.5 Å². The third-order valence-electron chi connectivity index (χ3n) is 5.89. The highest BCUT2D eigenvalue weighted by atomic mass is 32.1. The summed E-state index contributed by atoms with van der Waals surface area (Å²) < 4.78 is 0. The zero-order chi connectivity index (χ0) is 29.1. The molecule has 0 aliphatic carbocycles. The molecule has 0 saturated carbocycles. The van der Waals surface area contributed by atoms with Gasteiger partial charge >= 0.3 is 5.97 Å². The van der Waals surface area contributed by atoms with Crippen LogP contribution in [0.25, 0.3) is 10.9 Å². The van der Waals surface area contributed by atoms with Crippen LogP contribution in [-0.2, 0) is 25.6 Å². The first kappa shape index (κ1) is 31.4. The number of aliphatic hydroxyl groups is 1. The number of guanidine groups is 1. The number of hydrogen-bond donors (Lipinski definition) is 10. The molecule has 0 bridgehead atoms. The number of nitrogens with zero attached hydrogens (tertiary/aromatic N) is 1. The molecule has 12 N–H and O–H groups in total. The van der Waals surface area contributed by atoms with Gasteiger partial charge in [-0.2, -0.15) is 12.6 Å². The normalized spacial score (nSPS) is 14.9. The summed E-state index contributed by atoms with van der Waals surface area (Å²) in [5.41, 5.74) is 17.7. The highest BCUT2D eigenvalue weighted by Crippen LogP contribution is 2.19. The second kappa shape index (κ2) is 14.9. The van der Waals surface area contributed by atoms with Crippen LogP contribution in [0.3, 0.4) is 0 Å². The number of benzene rings is 1. The van der Waals surface area contributed by atoms with Crippen LogP contribution in [0.1, 0.15) is 25.3 Å². The number of hydrogen-bond acceptors (Lipinski definition) is 8. The minimum Gasteiger partial charge on any atom is -0.480 e. The van der Waals surface area contributed by atoms with E-state index in [4.69, 9.17) is 17.2 Å². The first-order valence-corrected chi connectivity index (χ1v) is 12.9. The molecule has 214 valence electrons. The smallest absolute Gasteiger partial charge is 0.326 e. The van der Waals surface area contributed by atoms with E-state index < -0.39 is 54.0 Å². The number of aromatic amines is 1. The number of thiol groups is 1. The highest BCUT2D eigenvalue weighted by Gasteiger charge is 2.32. The molecule has 0 aliphatic rings. The maximum atomic E-state index is 13.3. The number of carboxylic acid groups (broad SMARTS) is 1. The van der Waals surface area contributed by atoms with Gasteiger partial charge in [-0.05, 0) is 31.4 Å². The van der Waals surface area contributed by atoms with Crippen LogP contribution in [0.2, 0.25) is 0 Å². The van der Waals surface area contributed by atoms with Crippen LogP contribution in [-0.4, -0.2) is 87.4 Å². The van der Waals surface area contributed by atoms with Crippen LogP contribution in [0.15, 0.2) is 35.5 Å². The van der Waals surface area contributed by atoms with Crippen LogP contribution < -0.4 is 33.2 Å². The Kier molecular flexibility index (Phi) is 12.0. The van der Waals surface area contributed by atoms with E-state index in [1.54, 1.807) is 6.20 Å². The Labute approximate surface area is 230 Å². The van der Waals surface area contributed by atoms with Crippen molar-refractivity contribution >= 4 is 53.2 Å². The molecule has 5 atom stereocenters. The number of aromatic nitrogens is 1. The number of nitrogens with one attached hydrogen (secondary N) is 4. The Morgan fingerprint density at radius 1 is 1.05 bits per heavy atom. The van der Waals surface area contributed by atoms with E-state index >= 15 is 0 Å². The summed E-state index contributed by atoms with van der Waals surface area (Å²) in [4.78, 5) is 57.4. The molecule has 15 heteroatoms. The van der Waals surface area contributed by atoms with E-state index in [0.717, 1.165) is 10.9 Å². The number of para-hydroxylation sites is 1. The SMILES string of the molecule is CC(O)C(NC(=O)C(N)CS)C(=O)NC(Cc1c[nH]c2ccccc12)C(=O)NC(CCCN=C(N)N)C(=O)O. The number of amides is 3. The summed E-state index contributed by atoms with van der Waals surface area (Å²) in [6, 6.07) is 2.32. The molecular weight excluding hydrogens is 528 g/mol. The summed E-state index contributed by atoms with van der Waals surface area (Å²) in [6.45, 7) is 1.46. The number of aliphatic carboxylic acids is 1. The summed E-state index contributed by atoms with van der Waals surface area (Å²) in [7, 11) is 0. The number of rotatable bonds is 15. The topological polar surface area (TPSA) is 251 Å². The van der Waals surface area contributed by atoms with Gasteiger partial charge in [-0.15, -0.1) is 0 Å². The van der Waals surface area contributed by atoms with Crippen molar-refractivity contribution in [1.82, 2.24) is 20.9 Å². The van der Waals surface area contributed by atoms with Gasteiger partial charge < -0.3 is 48.3 Å². The molecule has 2 aromatic rings. The number of aliphatic hydroxyl groups excluding tert-OH is 1. The van der Waals surface area contributed by atoms with Crippen LogP contribution in [0.5, 0.6) is 0 Å². The lowest BCUT2D eigenvalue weighted by Crippen LogP contribution is -2.60. The van der Waals surface area contributed by atoms with Gasteiger partial charge in [-0.1, -0.05) is 18.2 Å². The predicted octanol–water partition coefficient (Wildman–Crippen LogP) is -2.06. The van der Waals surface area contributed by atoms with Crippen LogP contribution in [0, 0.1) is 0 Å². The quantitative estimate of drug-likeness (QED) is 0.0493. The molecule has 0 saturated heterocycles. The van der Waals surface area contributed by atoms with Gasteiger partial charge in [0.1, 0.15) is 18.1 Å². The second-order valence-corrected chi connectivity index (χ2v) is 9.35. The van der Waals surface area contributed by atoms with Gasteiger partial charge in [0.15, 0.2) is 5.96 Å². The molecule has 2 rings (SSSR count). The number of aliphatic imine (C=N–C) groups is 1. The molecule has 1 aromatic heterocycles. The van der Waals surface area contributed by atoms with Crippen molar-refractivity contribution in [1.29, 1.82) is 0 Å². The Morgan fingerprint density at radius 2 is 1.72 bits per heavy atom. The van der Waals surface area contributed by atoms with Crippen molar-refractivity contribution in [3.05, 3.63) is 36.0 Å². The largest absolute Gasteiger partial charge is 0.480 e. The van der Waals surface area contributed by atoms with E-state index in [0.29, 0.717) is 5.56 Å². The second-order valence-electron chi connectivity index (χ2n) is 8.99. The zero-order valence-electron chi connectivity index (χ0n) is 21.5. The molecular formula is C24H36N8O6S. The van der Waals surface area contributed by atoms with Gasteiger partial charge in [0.2, 0.25) is 17.7 Å².